The Morgan fingerprint density at radius 2 is 1.38 bits per heavy atom. The van der Waals surface area contributed by atoms with Crippen LogP contribution in [-0.4, -0.2) is 151 Å². The second-order valence-corrected chi connectivity index (χ2v) is 20.1. The molecule has 0 aromatic carbocycles. The zero-order valence-electron chi connectivity index (χ0n) is 33.3. The summed E-state index contributed by atoms with van der Waals surface area (Å²) in [6.45, 7) is 11.5. The highest BCUT2D eigenvalue weighted by atomic mass is 16.7. The van der Waals surface area contributed by atoms with E-state index in [0.717, 1.165) is 31.3 Å². The number of aliphatic hydroxyl groups excluding tert-OH is 10. The number of hydrogen-bond acceptors (Lipinski definition) is 14. The van der Waals surface area contributed by atoms with Crippen LogP contribution in [0.5, 0.6) is 0 Å². The molecule has 21 atom stereocenters. The van der Waals surface area contributed by atoms with Crippen molar-refractivity contribution >= 4 is 0 Å². The molecule has 21 unspecified atom stereocenters. The van der Waals surface area contributed by atoms with Crippen molar-refractivity contribution in [2.24, 2.45) is 50.7 Å². The van der Waals surface area contributed by atoms with Crippen LogP contribution in [0, 0.1) is 50.7 Å². The Hall–Kier alpha value is -0.820. The van der Waals surface area contributed by atoms with E-state index in [0.29, 0.717) is 25.7 Å². The Morgan fingerprint density at radius 1 is 0.709 bits per heavy atom. The molecule has 2 heterocycles. The minimum Gasteiger partial charge on any atom is -0.396 e. The molecule has 316 valence electrons. The Morgan fingerprint density at radius 3 is 2.04 bits per heavy atom. The number of fused-ring (bicyclic) bond motifs is 7. The lowest BCUT2D eigenvalue weighted by Crippen LogP contribution is -2.69. The van der Waals surface area contributed by atoms with Crippen molar-refractivity contribution in [3.05, 3.63) is 11.6 Å². The molecule has 0 amide bonds. The molecule has 14 heteroatoms. The second-order valence-electron chi connectivity index (χ2n) is 20.1. The third kappa shape index (κ3) is 6.43. The van der Waals surface area contributed by atoms with Gasteiger partial charge in [-0.3, -0.25) is 0 Å². The third-order valence-electron chi connectivity index (χ3n) is 16.6. The molecule has 0 radical (unpaired) electrons. The van der Waals surface area contributed by atoms with Crippen molar-refractivity contribution in [3.63, 3.8) is 0 Å². The first-order valence-corrected chi connectivity index (χ1v) is 20.7. The smallest absolute Gasteiger partial charge is 0.187 e. The second kappa shape index (κ2) is 14.7. The van der Waals surface area contributed by atoms with Crippen LogP contribution in [0.4, 0.5) is 0 Å². The fraction of sp³-hybridized carbons (Fsp3) is 0.951. The molecule has 2 aliphatic heterocycles. The average molecular weight is 785 g/mol. The lowest BCUT2D eigenvalue weighted by molar-refractivity contribution is -0.368. The maximum Gasteiger partial charge on any atom is 0.187 e. The first kappa shape index (κ1) is 42.3. The molecule has 0 aromatic rings. The van der Waals surface area contributed by atoms with Crippen LogP contribution in [0.3, 0.4) is 0 Å². The molecular weight excluding hydrogens is 716 g/mol. The Balaban J connectivity index is 1.12. The van der Waals surface area contributed by atoms with Gasteiger partial charge in [0.25, 0.3) is 0 Å². The summed E-state index contributed by atoms with van der Waals surface area (Å²) in [7, 11) is 0. The molecule has 7 aliphatic rings. The maximum absolute atomic E-state index is 12.4. The minimum absolute atomic E-state index is 0.0517. The zero-order valence-corrected chi connectivity index (χ0v) is 33.3. The van der Waals surface area contributed by atoms with Crippen molar-refractivity contribution in [1.82, 2.24) is 0 Å². The summed E-state index contributed by atoms with van der Waals surface area (Å²) in [4.78, 5) is 0. The van der Waals surface area contributed by atoms with E-state index in [1.165, 1.54) is 0 Å². The molecule has 0 aromatic heterocycles. The van der Waals surface area contributed by atoms with E-state index in [1.54, 1.807) is 6.92 Å². The van der Waals surface area contributed by atoms with Gasteiger partial charge in [-0.1, -0.05) is 46.3 Å². The number of rotatable bonds is 7. The third-order valence-corrected chi connectivity index (χ3v) is 16.6. The molecule has 10 N–H and O–H groups in total. The molecule has 5 aliphatic carbocycles. The fourth-order valence-electron chi connectivity index (χ4n) is 13.5. The van der Waals surface area contributed by atoms with Crippen molar-refractivity contribution < 1.29 is 70.0 Å². The fourth-order valence-corrected chi connectivity index (χ4v) is 13.5. The molecule has 6 fully saturated rings. The van der Waals surface area contributed by atoms with Gasteiger partial charge in [0.1, 0.15) is 42.7 Å². The van der Waals surface area contributed by atoms with Crippen LogP contribution in [0.15, 0.2) is 11.6 Å². The van der Waals surface area contributed by atoms with Gasteiger partial charge < -0.3 is 70.0 Å². The SMILES string of the molecule is CC1OC(OC2CCC3(C)C(CCC4(C)C5CC(O)C6(CO)CCC(C)(C)C=C6C5CC(O)C43)C2(C)CO)C(O)C(OC2OC(CO)C(O)C(O)C2O)C1O. The topological polar surface area (TPSA) is 239 Å². The van der Waals surface area contributed by atoms with Crippen molar-refractivity contribution in [1.29, 1.82) is 0 Å². The highest BCUT2D eigenvalue weighted by Gasteiger charge is 2.70. The monoisotopic (exact) mass is 784 g/mol. The molecule has 4 saturated carbocycles. The van der Waals surface area contributed by atoms with Crippen LogP contribution in [0.1, 0.15) is 92.9 Å². The molecule has 0 bridgehead atoms. The molecular formula is C41H68O14. The summed E-state index contributed by atoms with van der Waals surface area (Å²) in [6, 6.07) is 0. The van der Waals surface area contributed by atoms with Crippen molar-refractivity contribution in [2.75, 3.05) is 19.8 Å². The van der Waals surface area contributed by atoms with Gasteiger partial charge >= 0.3 is 0 Å². The average Bonchev–Trinajstić information content (AvgIpc) is 3.13. The summed E-state index contributed by atoms with van der Waals surface area (Å²) in [5.41, 5.74) is -1.17. The van der Waals surface area contributed by atoms with Crippen LogP contribution in [0.25, 0.3) is 0 Å². The van der Waals surface area contributed by atoms with Crippen LogP contribution >= 0.6 is 0 Å². The lowest BCUT2D eigenvalue weighted by atomic mass is 9.35. The predicted molar refractivity (Wildman–Crippen MR) is 196 cm³/mol. The van der Waals surface area contributed by atoms with Gasteiger partial charge in [0.15, 0.2) is 12.6 Å². The summed E-state index contributed by atoms with van der Waals surface area (Å²) in [6.07, 6.45) is -8.76. The van der Waals surface area contributed by atoms with Gasteiger partial charge in [-0.2, -0.15) is 0 Å². The number of hydrogen-bond donors (Lipinski definition) is 10. The van der Waals surface area contributed by atoms with Crippen LogP contribution in [-0.2, 0) is 18.9 Å². The van der Waals surface area contributed by atoms with E-state index in [-0.39, 0.29) is 47.7 Å². The number of aliphatic hydroxyl groups is 10. The number of allylic oxidation sites excluding steroid dienone is 1. The van der Waals surface area contributed by atoms with E-state index >= 15 is 0 Å². The standard InChI is InChI=1S/C41H68O14/c1-19-28(47)33(55-35-31(50)30(49)29(48)24(16-42)53-35)32(51)36(52-19)54-27-8-10-39(5)25(40(27,6)17-43)7-9-38(4)21-14-26(46)41(18-44)12-11-37(2,3)15-22(41)20(21)13-23(45)34(38)39/h15,19-21,23-36,42-51H,7-14,16-18H2,1-6H3. The summed E-state index contributed by atoms with van der Waals surface area (Å²) in [5.74, 6) is -0.0466. The summed E-state index contributed by atoms with van der Waals surface area (Å²) < 4.78 is 23.9. The molecule has 14 nitrogen and oxygen atoms in total. The highest BCUT2D eigenvalue weighted by Crippen LogP contribution is 2.72. The molecule has 0 spiro atoms. The van der Waals surface area contributed by atoms with Gasteiger partial charge in [0.05, 0.1) is 44.2 Å². The Kier molecular flexibility index (Phi) is 11.3. The van der Waals surface area contributed by atoms with Crippen molar-refractivity contribution in [2.45, 2.75) is 173 Å². The van der Waals surface area contributed by atoms with Crippen molar-refractivity contribution in [3.8, 4) is 0 Å². The number of ether oxygens (including phenoxy) is 4. The lowest BCUT2D eigenvalue weighted by Gasteiger charge is -2.70. The summed E-state index contributed by atoms with van der Waals surface area (Å²) in [5, 5.41) is 110. The van der Waals surface area contributed by atoms with Crippen LogP contribution in [0.2, 0.25) is 0 Å². The van der Waals surface area contributed by atoms with E-state index in [4.69, 9.17) is 18.9 Å². The zero-order chi connectivity index (χ0) is 40.2. The first-order valence-electron chi connectivity index (χ1n) is 20.7. The highest BCUT2D eigenvalue weighted by molar-refractivity contribution is 5.33. The van der Waals surface area contributed by atoms with Gasteiger partial charge in [0.2, 0.25) is 0 Å². The van der Waals surface area contributed by atoms with Gasteiger partial charge in [-0.05, 0) is 98.2 Å². The predicted octanol–water partition coefficient (Wildman–Crippen LogP) is 0.341. The minimum atomic E-state index is -1.74. The first-order chi connectivity index (χ1) is 25.7. The van der Waals surface area contributed by atoms with E-state index < -0.39 is 103 Å². The Labute approximate surface area is 324 Å². The quantitative estimate of drug-likeness (QED) is 0.124. The summed E-state index contributed by atoms with van der Waals surface area (Å²) >= 11 is 0. The van der Waals surface area contributed by atoms with E-state index in [1.807, 2.05) is 6.92 Å². The van der Waals surface area contributed by atoms with E-state index in [2.05, 4.69) is 33.8 Å². The van der Waals surface area contributed by atoms with Gasteiger partial charge in [0, 0.05) is 10.8 Å². The largest absolute Gasteiger partial charge is 0.396 e. The van der Waals surface area contributed by atoms with Gasteiger partial charge in [-0.15, -0.1) is 0 Å². The van der Waals surface area contributed by atoms with Gasteiger partial charge in [-0.25, -0.2) is 0 Å². The maximum atomic E-state index is 12.4. The normalized spacial score (nSPS) is 56.4. The molecule has 7 rings (SSSR count). The molecule has 55 heavy (non-hydrogen) atoms. The van der Waals surface area contributed by atoms with E-state index in [9.17, 15) is 51.1 Å². The Bertz CT molecular complexity index is 1430. The van der Waals surface area contributed by atoms with Crippen LogP contribution < -0.4 is 0 Å². The molecule has 2 saturated heterocycles.